The van der Waals surface area contributed by atoms with Gasteiger partial charge < -0.3 is 4.90 Å². The Morgan fingerprint density at radius 1 is 1.17 bits per heavy atom. The summed E-state index contributed by atoms with van der Waals surface area (Å²) in [4.78, 5) is 10.1. The molecule has 1 fully saturated rings. The number of rotatable bonds is 1. The molecule has 64 valence electrons. The lowest BCUT2D eigenvalue weighted by Crippen LogP contribution is -2.38. The molecular formula is C7H7Cl2N3. The van der Waals surface area contributed by atoms with Crippen LogP contribution in [0, 0.1) is 0 Å². The van der Waals surface area contributed by atoms with Gasteiger partial charge in [-0.2, -0.15) is 0 Å². The van der Waals surface area contributed by atoms with E-state index in [-0.39, 0.29) is 0 Å². The molecule has 1 saturated heterocycles. The minimum absolute atomic E-state index is 0.400. The van der Waals surface area contributed by atoms with Crippen LogP contribution in [-0.2, 0) is 0 Å². The van der Waals surface area contributed by atoms with Crippen molar-refractivity contribution in [1.82, 2.24) is 9.97 Å². The molecule has 1 aromatic rings. The molecule has 0 aliphatic carbocycles. The fourth-order valence-electron chi connectivity index (χ4n) is 1.04. The van der Waals surface area contributed by atoms with Crippen LogP contribution in [0.4, 0.5) is 5.95 Å². The van der Waals surface area contributed by atoms with Crippen LogP contribution in [0.15, 0.2) is 6.07 Å². The molecule has 0 spiro atoms. The van der Waals surface area contributed by atoms with Crippen molar-refractivity contribution in [2.75, 3.05) is 18.0 Å². The molecule has 0 unspecified atom stereocenters. The largest absolute Gasteiger partial charge is 0.341 e. The minimum atomic E-state index is 0.400. The van der Waals surface area contributed by atoms with Crippen molar-refractivity contribution in [2.24, 2.45) is 0 Å². The van der Waals surface area contributed by atoms with Crippen molar-refractivity contribution in [3.8, 4) is 0 Å². The van der Waals surface area contributed by atoms with E-state index in [1.807, 2.05) is 4.90 Å². The molecule has 0 saturated carbocycles. The average molecular weight is 204 g/mol. The van der Waals surface area contributed by atoms with Crippen LogP contribution in [0.2, 0.25) is 10.3 Å². The van der Waals surface area contributed by atoms with Gasteiger partial charge in [0.2, 0.25) is 5.95 Å². The monoisotopic (exact) mass is 203 g/mol. The van der Waals surface area contributed by atoms with Gasteiger partial charge in [-0.25, -0.2) is 9.97 Å². The van der Waals surface area contributed by atoms with Gasteiger partial charge in [0.25, 0.3) is 0 Å². The summed E-state index contributed by atoms with van der Waals surface area (Å²) in [5, 5.41) is 0.800. The van der Waals surface area contributed by atoms with Gasteiger partial charge >= 0.3 is 0 Å². The highest BCUT2D eigenvalue weighted by atomic mass is 35.5. The van der Waals surface area contributed by atoms with Crippen LogP contribution < -0.4 is 4.90 Å². The molecule has 1 aromatic heterocycles. The number of aromatic nitrogens is 2. The summed E-state index contributed by atoms with van der Waals surface area (Å²) in [6.07, 6.45) is 1.19. The number of halogens is 2. The van der Waals surface area contributed by atoms with Crippen LogP contribution in [0.5, 0.6) is 0 Å². The summed E-state index contributed by atoms with van der Waals surface area (Å²) in [7, 11) is 0. The number of hydrogen-bond donors (Lipinski definition) is 0. The summed E-state index contributed by atoms with van der Waals surface area (Å²) < 4.78 is 0. The Bertz CT molecular complexity index is 278. The average Bonchev–Trinajstić information content (AvgIpc) is 1.79. The molecular weight excluding hydrogens is 197 g/mol. The molecule has 0 bridgehead atoms. The zero-order valence-corrected chi connectivity index (χ0v) is 7.81. The second kappa shape index (κ2) is 3.07. The molecule has 0 atom stereocenters. The standard InChI is InChI=1S/C7H7Cl2N3/c8-5-4-6(9)11-7(10-5)12-2-1-3-12/h4H,1-3H2. The Balaban J connectivity index is 2.30. The van der Waals surface area contributed by atoms with Crippen molar-refractivity contribution in [2.45, 2.75) is 6.42 Å². The van der Waals surface area contributed by atoms with Crippen molar-refractivity contribution < 1.29 is 0 Å². The molecule has 1 aliphatic heterocycles. The van der Waals surface area contributed by atoms with E-state index in [2.05, 4.69) is 9.97 Å². The van der Waals surface area contributed by atoms with E-state index >= 15 is 0 Å². The molecule has 1 aliphatic rings. The second-order valence-corrected chi connectivity index (χ2v) is 3.43. The summed E-state index contributed by atoms with van der Waals surface area (Å²) in [5.74, 6) is 0.638. The highest BCUT2D eigenvalue weighted by molar-refractivity contribution is 6.33. The van der Waals surface area contributed by atoms with Crippen LogP contribution in [0.3, 0.4) is 0 Å². The topological polar surface area (TPSA) is 29.0 Å². The zero-order valence-electron chi connectivity index (χ0n) is 6.30. The normalized spacial score (nSPS) is 16.0. The van der Waals surface area contributed by atoms with Crippen LogP contribution in [-0.4, -0.2) is 23.1 Å². The minimum Gasteiger partial charge on any atom is -0.341 e. The first-order chi connectivity index (χ1) is 5.75. The van der Waals surface area contributed by atoms with Gasteiger partial charge in [-0.05, 0) is 6.42 Å². The summed E-state index contributed by atoms with van der Waals surface area (Å²) in [6.45, 7) is 1.99. The molecule has 12 heavy (non-hydrogen) atoms. The van der Waals surface area contributed by atoms with E-state index < -0.39 is 0 Å². The maximum Gasteiger partial charge on any atom is 0.228 e. The SMILES string of the molecule is Clc1cc(Cl)nc(N2CCC2)n1. The highest BCUT2D eigenvalue weighted by Gasteiger charge is 2.17. The van der Waals surface area contributed by atoms with Gasteiger partial charge in [-0.15, -0.1) is 0 Å². The number of hydrogen-bond acceptors (Lipinski definition) is 3. The van der Waals surface area contributed by atoms with Crippen LogP contribution in [0.1, 0.15) is 6.42 Å². The summed E-state index contributed by atoms with van der Waals surface area (Å²) in [6, 6.07) is 1.53. The Morgan fingerprint density at radius 2 is 1.75 bits per heavy atom. The Hall–Kier alpha value is -0.540. The van der Waals surface area contributed by atoms with Gasteiger partial charge in [0.05, 0.1) is 0 Å². The Labute approximate surface area is 80.3 Å². The molecule has 5 heteroatoms. The molecule has 2 rings (SSSR count). The molecule has 2 heterocycles. The Kier molecular flexibility index (Phi) is 2.07. The van der Waals surface area contributed by atoms with E-state index in [4.69, 9.17) is 23.2 Å². The fraction of sp³-hybridized carbons (Fsp3) is 0.429. The smallest absolute Gasteiger partial charge is 0.228 e. The van der Waals surface area contributed by atoms with Gasteiger partial charge in [-0.3, -0.25) is 0 Å². The first-order valence-corrected chi connectivity index (χ1v) is 4.46. The lowest BCUT2D eigenvalue weighted by Gasteiger charge is -2.30. The fourth-order valence-corrected chi connectivity index (χ4v) is 1.45. The van der Waals surface area contributed by atoms with E-state index in [1.165, 1.54) is 12.5 Å². The first kappa shape index (κ1) is 8.08. The maximum absolute atomic E-state index is 5.71. The molecule has 0 radical (unpaired) electrons. The number of nitrogens with zero attached hydrogens (tertiary/aromatic N) is 3. The molecule has 0 amide bonds. The highest BCUT2D eigenvalue weighted by Crippen LogP contribution is 2.20. The third-order valence-corrected chi connectivity index (χ3v) is 2.18. The zero-order chi connectivity index (χ0) is 8.55. The third-order valence-electron chi connectivity index (χ3n) is 1.79. The van der Waals surface area contributed by atoms with E-state index in [0.717, 1.165) is 13.1 Å². The lowest BCUT2D eigenvalue weighted by molar-refractivity contribution is 0.600. The molecule has 3 nitrogen and oxygen atoms in total. The first-order valence-electron chi connectivity index (χ1n) is 3.71. The van der Waals surface area contributed by atoms with Crippen molar-refractivity contribution in [1.29, 1.82) is 0 Å². The van der Waals surface area contributed by atoms with Gasteiger partial charge in [0.15, 0.2) is 0 Å². The summed E-state index contributed by atoms with van der Waals surface area (Å²) in [5.41, 5.74) is 0. The third kappa shape index (κ3) is 1.47. The molecule has 0 N–H and O–H groups in total. The molecule has 0 aromatic carbocycles. The lowest BCUT2D eigenvalue weighted by atomic mass is 10.2. The van der Waals surface area contributed by atoms with E-state index in [9.17, 15) is 0 Å². The summed E-state index contributed by atoms with van der Waals surface area (Å²) >= 11 is 11.4. The van der Waals surface area contributed by atoms with Crippen molar-refractivity contribution in [3.63, 3.8) is 0 Å². The van der Waals surface area contributed by atoms with E-state index in [0.29, 0.717) is 16.3 Å². The van der Waals surface area contributed by atoms with Gasteiger partial charge in [-0.1, -0.05) is 23.2 Å². The predicted octanol–water partition coefficient (Wildman–Crippen LogP) is 1.99. The Morgan fingerprint density at radius 3 is 2.17 bits per heavy atom. The quantitative estimate of drug-likeness (QED) is 0.655. The maximum atomic E-state index is 5.71. The predicted molar refractivity (Wildman–Crippen MR) is 48.9 cm³/mol. The van der Waals surface area contributed by atoms with Crippen LogP contribution in [0.25, 0.3) is 0 Å². The van der Waals surface area contributed by atoms with Crippen molar-refractivity contribution >= 4 is 29.2 Å². The number of anilines is 1. The van der Waals surface area contributed by atoms with E-state index in [1.54, 1.807) is 0 Å². The van der Waals surface area contributed by atoms with Crippen molar-refractivity contribution in [3.05, 3.63) is 16.4 Å². The second-order valence-electron chi connectivity index (χ2n) is 2.65. The van der Waals surface area contributed by atoms with Crippen LogP contribution >= 0.6 is 23.2 Å². The van der Waals surface area contributed by atoms with Gasteiger partial charge in [0.1, 0.15) is 10.3 Å². The van der Waals surface area contributed by atoms with Gasteiger partial charge in [0, 0.05) is 19.2 Å².